The molecule has 1 aromatic heterocycles. The van der Waals surface area contributed by atoms with Gasteiger partial charge in [-0.05, 0) is 130 Å². The Morgan fingerprint density at radius 1 is 0.852 bits per heavy atom. The van der Waals surface area contributed by atoms with Gasteiger partial charge in [0, 0.05) is 18.8 Å². The van der Waals surface area contributed by atoms with Crippen LogP contribution in [0.5, 0.6) is 0 Å². The molecule has 2 aromatic carbocycles. The monoisotopic (exact) mass is 866 g/mol. The van der Waals surface area contributed by atoms with Gasteiger partial charge < -0.3 is 53.6 Å². The number of carbonyl (C=O) groups excluding carboxylic acids is 2. The number of amides is 2. The standard InChI is InChI=1S/C44H67ClN10O6/c1-2-3-4-9-23-55(25-21-35(57)38(59)36(58)27-56)24-10-11-28-15-19-31(20-16-28)51-42(60)34(46)26-30-18-17-29(32-13-5-6-14-33(30)32)12-7-8-22-50-44(49)54-43(61)37-40(47)53-41(48)39(45)52-37/h15-20,34-36,38,56-59H,2-14,21-27,46H2,1H3,(H,51,60)(H4,47,48,53)(H3,49,50,54,61)/t34-,35+,36+,38-/m0/s1. The van der Waals surface area contributed by atoms with Crippen LogP contribution in [0.4, 0.5) is 17.3 Å². The molecule has 336 valence electrons. The molecule has 4 atom stereocenters. The van der Waals surface area contributed by atoms with Crippen LogP contribution in [0.15, 0.2) is 41.4 Å². The van der Waals surface area contributed by atoms with Gasteiger partial charge in [-0.15, -0.1) is 0 Å². The van der Waals surface area contributed by atoms with E-state index < -0.39 is 36.9 Å². The number of carbonyl (C=O) groups is 2. The minimum Gasteiger partial charge on any atom is -0.394 e. The molecule has 16 nitrogen and oxygen atoms in total. The molecular formula is C44H67ClN10O6. The molecule has 0 saturated heterocycles. The Bertz CT molecular complexity index is 1880. The van der Waals surface area contributed by atoms with E-state index in [2.05, 4.69) is 49.6 Å². The first-order valence-electron chi connectivity index (χ1n) is 21.7. The van der Waals surface area contributed by atoms with Crippen molar-refractivity contribution in [3.05, 3.63) is 75.1 Å². The molecule has 0 fully saturated rings. The number of aryl methyl sites for hydroxylation is 2. The highest BCUT2D eigenvalue weighted by Gasteiger charge is 2.25. The van der Waals surface area contributed by atoms with E-state index >= 15 is 0 Å². The number of hydrogen-bond donors (Lipinski definition) is 10. The van der Waals surface area contributed by atoms with Gasteiger partial charge in [0.25, 0.3) is 5.91 Å². The largest absolute Gasteiger partial charge is 0.394 e. The fraction of sp³-hybridized carbons (Fsp3) is 0.568. The Labute approximate surface area is 364 Å². The van der Waals surface area contributed by atoms with E-state index in [1.165, 1.54) is 23.1 Å². The van der Waals surface area contributed by atoms with Crippen molar-refractivity contribution in [1.82, 2.24) is 20.2 Å². The number of nitrogens with one attached hydrogen (secondary N) is 2. The number of nitrogen functional groups attached to an aromatic ring is 2. The van der Waals surface area contributed by atoms with Crippen molar-refractivity contribution in [2.45, 2.75) is 128 Å². The Balaban J connectivity index is 1.23. The van der Waals surface area contributed by atoms with Crippen LogP contribution in [-0.4, -0.2) is 110 Å². The number of aliphatic hydroxyl groups excluding tert-OH is 4. The molecule has 1 aliphatic rings. The number of nitrogens with two attached hydrogens (primary N) is 4. The lowest BCUT2D eigenvalue weighted by atomic mass is 9.82. The summed E-state index contributed by atoms with van der Waals surface area (Å²) in [4.78, 5) is 40.0. The summed E-state index contributed by atoms with van der Waals surface area (Å²) in [5, 5.41) is 44.5. The summed E-state index contributed by atoms with van der Waals surface area (Å²) >= 11 is 5.87. The van der Waals surface area contributed by atoms with E-state index in [1.807, 2.05) is 24.3 Å². The lowest BCUT2D eigenvalue weighted by Gasteiger charge is -2.26. The summed E-state index contributed by atoms with van der Waals surface area (Å²) in [5.74, 6) is -1.21. The predicted molar refractivity (Wildman–Crippen MR) is 241 cm³/mol. The van der Waals surface area contributed by atoms with Crippen molar-refractivity contribution in [3.63, 3.8) is 0 Å². The second kappa shape index (κ2) is 25.5. The number of hydrogen-bond acceptors (Lipinski definition) is 13. The van der Waals surface area contributed by atoms with Gasteiger partial charge in [-0.3, -0.25) is 19.9 Å². The molecule has 0 aliphatic heterocycles. The number of halogens is 1. The van der Waals surface area contributed by atoms with Crippen molar-refractivity contribution < 1.29 is 30.0 Å². The van der Waals surface area contributed by atoms with Crippen molar-refractivity contribution in [3.8, 4) is 0 Å². The van der Waals surface area contributed by atoms with Crippen LogP contribution in [0.2, 0.25) is 5.15 Å². The van der Waals surface area contributed by atoms with Crippen molar-refractivity contribution in [2.75, 3.05) is 49.6 Å². The van der Waals surface area contributed by atoms with E-state index in [-0.39, 0.29) is 34.3 Å². The highest BCUT2D eigenvalue weighted by Crippen LogP contribution is 2.30. The number of anilines is 3. The Morgan fingerprint density at radius 2 is 1.54 bits per heavy atom. The summed E-state index contributed by atoms with van der Waals surface area (Å²) in [6.45, 7) is 4.28. The number of aromatic nitrogens is 2. The summed E-state index contributed by atoms with van der Waals surface area (Å²) in [5.41, 5.74) is 30.5. The van der Waals surface area contributed by atoms with Gasteiger partial charge >= 0.3 is 0 Å². The summed E-state index contributed by atoms with van der Waals surface area (Å²) in [6, 6.07) is 11.4. The Kier molecular flexibility index (Phi) is 20.6. The van der Waals surface area contributed by atoms with E-state index in [0.717, 1.165) is 101 Å². The smallest absolute Gasteiger partial charge is 0.280 e. The molecule has 14 N–H and O–H groups in total. The highest BCUT2D eigenvalue weighted by molar-refractivity contribution is 6.31. The van der Waals surface area contributed by atoms with Crippen LogP contribution in [0.3, 0.4) is 0 Å². The highest BCUT2D eigenvalue weighted by atomic mass is 35.5. The fourth-order valence-electron chi connectivity index (χ4n) is 7.67. The zero-order valence-corrected chi connectivity index (χ0v) is 36.3. The van der Waals surface area contributed by atoms with E-state index in [4.69, 9.17) is 39.6 Å². The number of benzene rings is 2. The molecule has 1 heterocycles. The van der Waals surface area contributed by atoms with Crippen molar-refractivity contribution in [2.24, 2.45) is 16.5 Å². The zero-order chi connectivity index (χ0) is 44.3. The zero-order valence-electron chi connectivity index (χ0n) is 35.5. The van der Waals surface area contributed by atoms with Crippen LogP contribution in [0.1, 0.15) is 109 Å². The minimum absolute atomic E-state index is 0.0613. The van der Waals surface area contributed by atoms with Gasteiger partial charge in [0.1, 0.15) is 12.2 Å². The molecule has 17 heteroatoms. The predicted octanol–water partition coefficient (Wildman–Crippen LogP) is 3.03. The molecule has 4 rings (SSSR count). The lowest BCUT2D eigenvalue weighted by Crippen LogP contribution is -2.41. The van der Waals surface area contributed by atoms with Crippen molar-refractivity contribution >= 4 is 46.7 Å². The van der Waals surface area contributed by atoms with Gasteiger partial charge in [-0.25, -0.2) is 9.97 Å². The number of nitrogens with zero attached hydrogens (tertiary/aromatic N) is 4. The van der Waals surface area contributed by atoms with E-state index in [0.29, 0.717) is 31.6 Å². The fourth-order valence-corrected chi connectivity index (χ4v) is 7.79. The normalized spacial score (nSPS) is 14.9. The molecule has 0 spiro atoms. The molecule has 0 bridgehead atoms. The van der Waals surface area contributed by atoms with Gasteiger partial charge in [-0.2, -0.15) is 0 Å². The van der Waals surface area contributed by atoms with Crippen LogP contribution in [-0.2, 0) is 36.9 Å². The maximum Gasteiger partial charge on any atom is 0.280 e. The van der Waals surface area contributed by atoms with Crippen LogP contribution in [0.25, 0.3) is 0 Å². The van der Waals surface area contributed by atoms with E-state index in [1.54, 1.807) is 0 Å². The van der Waals surface area contributed by atoms with Crippen LogP contribution in [0, 0.1) is 0 Å². The van der Waals surface area contributed by atoms with Crippen molar-refractivity contribution in [1.29, 1.82) is 0 Å². The quantitative estimate of drug-likeness (QED) is 0.0334. The first-order chi connectivity index (χ1) is 29.3. The first-order valence-corrected chi connectivity index (χ1v) is 22.0. The average Bonchev–Trinajstić information content (AvgIpc) is 3.25. The van der Waals surface area contributed by atoms with Gasteiger partial charge in [-0.1, -0.05) is 62.1 Å². The SMILES string of the molecule is CCCCCCN(CCCc1ccc(NC(=O)[C@@H](N)Cc2ccc(CCCCN=C(N)NC(=O)c3nc(Cl)c(N)nc3N)c3c2CCCC3)cc1)CC[C@@H](O)[C@H](O)[C@H](O)CO. The Morgan fingerprint density at radius 3 is 2.25 bits per heavy atom. The number of aliphatic hydroxyl groups is 4. The molecule has 1 aliphatic carbocycles. The third-order valence-corrected chi connectivity index (χ3v) is 11.5. The molecule has 3 aromatic rings. The first kappa shape index (κ1) is 49.2. The second-order valence-electron chi connectivity index (χ2n) is 16.0. The summed E-state index contributed by atoms with van der Waals surface area (Å²) < 4.78 is 0. The van der Waals surface area contributed by atoms with Gasteiger partial charge in [0.05, 0.1) is 18.8 Å². The van der Waals surface area contributed by atoms with Crippen LogP contribution >= 0.6 is 11.6 Å². The third-order valence-electron chi connectivity index (χ3n) is 11.2. The maximum absolute atomic E-state index is 13.3. The minimum atomic E-state index is -1.38. The average molecular weight is 868 g/mol. The Hall–Kier alpha value is -4.42. The number of guanidine groups is 1. The maximum atomic E-state index is 13.3. The molecule has 2 amide bonds. The van der Waals surface area contributed by atoms with Gasteiger partial charge in [0.15, 0.2) is 28.4 Å². The van der Waals surface area contributed by atoms with Crippen LogP contribution < -0.4 is 33.6 Å². The molecule has 0 saturated carbocycles. The summed E-state index contributed by atoms with van der Waals surface area (Å²) in [7, 11) is 0. The lowest BCUT2D eigenvalue weighted by molar-refractivity contribution is -0.117. The third kappa shape index (κ3) is 15.8. The number of unbranched alkanes of at least 4 members (excludes halogenated alkanes) is 4. The molecule has 0 radical (unpaired) electrons. The number of aliphatic imine (C=N–C) groups is 1. The molecule has 61 heavy (non-hydrogen) atoms. The number of fused-ring (bicyclic) bond motifs is 1. The molecule has 0 unspecified atom stereocenters. The summed E-state index contributed by atoms with van der Waals surface area (Å²) in [6.07, 6.45) is 9.77. The second-order valence-corrected chi connectivity index (χ2v) is 16.3. The topological polar surface area (TPSA) is 285 Å². The number of rotatable bonds is 25. The molecular weight excluding hydrogens is 800 g/mol. The van der Waals surface area contributed by atoms with E-state index in [9.17, 15) is 24.9 Å². The van der Waals surface area contributed by atoms with Gasteiger partial charge in [0.2, 0.25) is 5.91 Å².